The van der Waals surface area contributed by atoms with Crippen molar-refractivity contribution in [3.63, 3.8) is 0 Å². The molecule has 11 heteroatoms. The fraction of sp³-hybridized carbons (Fsp3) is 0.139. The predicted octanol–water partition coefficient (Wildman–Crippen LogP) is 6.49. The third-order valence-corrected chi connectivity index (χ3v) is 7.73. The highest BCUT2D eigenvalue weighted by Gasteiger charge is 2.17. The van der Waals surface area contributed by atoms with E-state index in [-0.39, 0.29) is 12.3 Å². The summed E-state index contributed by atoms with van der Waals surface area (Å²) < 4.78 is 20.5. The number of benzene rings is 2. The molecule has 0 aliphatic carbocycles. The van der Waals surface area contributed by atoms with Crippen molar-refractivity contribution in [1.82, 2.24) is 35.0 Å². The van der Waals surface area contributed by atoms with Crippen LogP contribution in [0, 0.1) is 5.82 Å². The summed E-state index contributed by atoms with van der Waals surface area (Å²) in [5.41, 5.74) is 7.21. The molecule has 5 heterocycles. The van der Waals surface area contributed by atoms with Gasteiger partial charge in [-0.25, -0.2) is 4.39 Å². The van der Waals surface area contributed by atoms with Crippen molar-refractivity contribution in [2.75, 3.05) is 32.6 Å². The van der Waals surface area contributed by atoms with Gasteiger partial charge in [0.1, 0.15) is 23.9 Å². The van der Waals surface area contributed by atoms with Gasteiger partial charge in [0.25, 0.3) is 0 Å². The van der Waals surface area contributed by atoms with E-state index >= 15 is 0 Å². The van der Waals surface area contributed by atoms with E-state index in [1.165, 1.54) is 12.1 Å². The Labute approximate surface area is 269 Å². The molecule has 0 saturated heterocycles. The number of nitrogens with zero attached hydrogens (tertiary/aromatic N) is 5. The van der Waals surface area contributed by atoms with E-state index in [1.54, 1.807) is 30.9 Å². The third kappa shape index (κ3) is 6.56. The number of carbonyl (C=O) groups is 1. The highest BCUT2D eigenvalue weighted by molar-refractivity contribution is 6.00. The minimum absolute atomic E-state index is 0.130. The van der Waals surface area contributed by atoms with Crippen LogP contribution in [0.3, 0.4) is 0 Å². The number of fused-ring (bicyclic) bond motifs is 2. The van der Waals surface area contributed by atoms with Gasteiger partial charge in [-0.3, -0.25) is 24.8 Å². The lowest BCUT2D eigenvalue weighted by molar-refractivity contribution is -0.115. The SMILES string of the molecule is CN(C)CCOc1cc(F)cc(-c2nccc3[nH]c(-c4n[nH]c5cnc(-c6cncc(NC(=O)Cc7ccccc7)c6)cc45)cc23)c1. The standard InChI is InChI=1S/C36H31FN8O2/c1-45(2)10-11-47-27-15-23(13-25(37)16-27)35-28-18-32(42-30(28)8-9-39-35)36-29-17-31(40-21-33(29)43-44-36)24-14-26(20-38-19-24)41-34(46)12-22-6-4-3-5-7-22/h3-9,13-21,42H,10-12H2,1-2H3,(H,41,46)(H,43,44). The van der Waals surface area contributed by atoms with Gasteiger partial charge in [0.05, 0.1) is 47.1 Å². The predicted molar refractivity (Wildman–Crippen MR) is 180 cm³/mol. The van der Waals surface area contributed by atoms with Crippen molar-refractivity contribution in [2.45, 2.75) is 6.42 Å². The number of likely N-dealkylation sites (N-methyl/N-ethyl adjacent to an activating group) is 1. The molecule has 0 aliphatic rings. The molecule has 0 bridgehead atoms. The first kappa shape index (κ1) is 29.8. The zero-order chi connectivity index (χ0) is 32.3. The number of nitrogens with one attached hydrogen (secondary N) is 3. The minimum Gasteiger partial charge on any atom is -0.492 e. The number of hydrogen-bond donors (Lipinski definition) is 3. The van der Waals surface area contributed by atoms with E-state index in [0.717, 1.165) is 38.6 Å². The van der Waals surface area contributed by atoms with Gasteiger partial charge in [0.15, 0.2) is 0 Å². The molecule has 234 valence electrons. The average molecular weight is 627 g/mol. The molecule has 3 N–H and O–H groups in total. The van der Waals surface area contributed by atoms with Gasteiger partial charge in [-0.15, -0.1) is 0 Å². The first-order valence-electron chi connectivity index (χ1n) is 15.1. The molecule has 0 fully saturated rings. The molecule has 10 nitrogen and oxygen atoms in total. The van der Waals surface area contributed by atoms with E-state index in [1.807, 2.05) is 73.6 Å². The van der Waals surface area contributed by atoms with E-state index in [2.05, 4.69) is 35.5 Å². The number of halogens is 1. The van der Waals surface area contributed by atoms with Crippen LogP contribution in [-0.4, -0.2) is 68.2 Å². The molecule has 0 radical (unpaired) electrons. The van der Waals surface area contributed by atoms with Crippen molar-refractivity contribution in [2.24, 2.45) is 0 Å². The topological polar surface area (TPSA) is 125 Å². The van der Waals surface area contributed by atoms with Crippen LogP contribution < -0.4 is 10.1 Å². The molecule has 47 heavy (non-hydrogen) atoms. The maximum absolute atomic E-state index is 14.7. The average Bonchev–Trinajstić information content (AvgIpc) is 3.69. The Bertz CT molecular complexity index is 2210. The molecule has 0 unspecified atom stereocenters. The Balaban J connectivity index is 1.18. The molecule has 0 aliphatic heterocycles. The third-order valence-electron chi connectivity index (χ3n) is 7.73. The summed E-state index contributed by atoms with van der Waals surface area (Å²) in [5, 5.41) is 12.3. The number of ether oxygens (including phenoxy) is 1. The number of amides is 1. The van der Waals surface area contributed by atoms with Gasteiger partial charge in [-0.1, -0.05) is 30.3 Å². The van der Waals surface area contributed by atoms with Crippen LogP contribution in [0.2, 0.25) is 0 Å². The summed E-state index contributed by atoms with van der Waals surface area (Å²) >= 11 is 0. The summed E-state index contributed by atoms with van der Waals surface area (Å²) in [4.78, 5) is 31.7. The quantitative estimate of drug-likeness (QED) is 0.159. The first-order chi connectivity index (χ1) is 22.9. The Morgan fingerprint density at radius 3 is 2.60 bits per heavy atom. The molecule has 7 rings (SSSR count). The number of anilines is 1. The molecule has 1 amide bonds. The van der Waals surface area contributed by atoms with Gasteiger partial charge < -0.3 is 19.9 Å². The summed E-state index contributed by atoms with van der Waals surface area (Å²) in [5.74, 6) is -0.0803. The Morgan fingerprint density at radius 2 is 1.74 bits per heavy atom. The summed E-state index contributed by atoms with van der Waals surface area (Å²) in [7, 11) is 3.91. The van der Waals surface area contributed by atoms with Crippen LogP contribution in [0.5, 0.6) is 5.75 Å². The Kier molecular flexibility index (Phi) is 8.11. The Morgan fingerprint density at radius 1 is 0.894 bits per heavy atom. The minimum atomic E-state index is -0.399. The van der Waals surface area contributed by atoms with Gasteiger partial charge in [-0.05, 0) is 56.1 Å². The second kappa shape index (κ2) is 12.8. The maximum atomic E-state index is 14.7. The lowest BCUT2D eigenvalue weighted by atomic mass is 10.1. The number of H-pyrrole nitrogens is 2. The molecule has 0 spiro atoms. The van der Waals surface area contributed by atoms with Crippen LogP contribution in [0.25, 0.3) is 55.7 Å². The zero-order valence-electron chi connectivity index (χ0n) is 25.8. The summed E-state index contributed by atoms with van der Waals surface area (Å²) in [6.45, 7) is 1.15. The molecular weight excluding hydrogens is 595 g/mol. The van der Waals surface area contributed by atoms with Crippen molar-refractivity contribution < 1.29 is 13.9 Å². The second-order valence-electron chi connectivity index (χ2n) is 11.5. The molecule has 7 aromatic rings. The fourth-order valence-corrected chi connectivity index (χ4v) is 5.46. The molecule has 0 saturated carbocycles. The van der Waals surface area contributed by atoms with Crippen LogP contribution in [-0.2, 0) is 11.2 Å². The monoisotopic (exact) mass is 626 g/mol. The van der Waals surface area contributed by atoms with Crippen LogP contribution in [0.4, 0.5) is 10.1 Å². The summed E-state index contributed by atoms with van der Waals surface area (Å²) in [6, 6.07) is 21.9. The van der Waals surface area contributed by atoms with Crippen molar-refractivity contribution in [3.8, 4) is 39.7 Å². The zero-order valence-corrected chi connectivity index (χ0v) is 25.8. The van der Waals surface area contributed by atoms with Crippen LogP contribution in [0.1, 0.15) is 5.56 Å². The molecular formula is C36H31FN8O2. The smallest absolute Gasteiger partial charge is 0.228 e. The van der Waals surface area contributed by atoms with Gasteiger partial charge >= 0.3 is 0 Å². The number of carbonyl (C=O) groups excluding carboxylic acids is 1. The van der Waals surface area contributed by atoms with Crippen molar-refractivity contribution >= 4 is 33.4 Å². The van der Waals surface area contributed by atoms with E-state index < -0.39 is 5.82 Å². The van der Waals surface area contributed by atoms with E-state index in [9.17, 15) is 9.18 Å². The normalized spacial score (nSPS) is 11.4. The first-order valence-corrected chi connectivity index (χ1v) is 15.1. The molecule has 0 atom stereocenters. The van der Waals surface area contributed by atoms with Crippen LogP contribution >= 0.6 is 0 Å². The molecule has 5 aromatic heterocycles. The number of pyridine rings is 3. The Hall–Kier alpha value is -5.94. The second-order valence-corrected chi connectivity index (χ2v) is 11.5. The van der Waals surface area contributed by atoms with Crippen LogP contribution in [0.15, 0.2) is 97.6 Å². The van der Waals surface area contributed by atoms with Crippen molar-refractivity contribution in [1.29, 1.82) is 0 Å². The highest BCUT2D eigenvalue weighted by atomic mass is 19.1. The maximum Gasteiger partial charge on any atom is 0.228 e. The van der Waals surface area contributed by atoms with E-state index in [0.29, 0.717) is 47.2 Å². The van der Waals surface area contributed by atoms with Gasteiger partial charge in [0.2, 0.25) is 5.91 Å². The van der Waals surface area contributed by atoms with E-state index in [4.69, 9.17) is 4.74 Å². The van der Waals surface area contributed by atoms with Gasteiger partial charge in [0, 0.05) is 52.4 Å². The number of aromatic nitrogens is 6. The number of hydrogen-bond acceptors (Lipinski definition) is 7. The fourth-order valence-electron chi connectivity index (χ4n) is 5.46. The number of aromatic amines is 2. The lowest BCUT2D eigenvalue weighted by Crippen LogP contribution is -2.19. The van der Waals surface area contributed by atoms with Crippen molar-refractivity contribution in [3.05, 3.63) is 109 Å². The highest BCUT2D eigenvalue weighted by Crippen LogP contribution is 2.35. The van der Waals surface area contributed by atoms with Gasteiger partial charge in [-0.2, -0.15) is 5.10 Å². The largest absolute Gasteiger partial charge is 0.492 e. The number of rotatable bonds is 10. The lowest BCUT2D eigenvalue weighted by Gasteiger charge is -2.12. The molecule has 2 aromatic carbocycles. The summed E-state index contributed by atoms with van der Waals surface area (Å²) in [6.07, 6.45) is 7.00.